The Bertz CT molecular complexity index is 481. The maximum absolute atomic E-state index is 7.76. The Kier molecular flexibility index (Phi) is 3.80. The maximum atomic E-state index is 7.76. The Hall–Kier alpha value is -1.55. The molecule has 1 fully saturated rings. The molecule has 0 spiro atoms. The van der Waals surface area contributed by atoms with Crippen molar-refractivity contribution < 1.29 is 0 Å². The molecule has 1 saturated heterocycles. The molecule has 2 atom stereocenters. The molecule has 19 heavy (non-hydrogen) atoms. The van der Waals surface area contributed by atoms with Crippen molar-refractivity contribution in [3.8, 4) is 0 Å². The number of likely N-dealkylation sites (N-methyl/N-ethyl adjacent to an activating group) is 1. The third-order valence-electron chi connectivity index (χ3n) is 4.08. The van der Waals surface area contributed by atoms with E-state index in [-0.39, 0.29) is 5.84 Å². The first-order valence-corrected chi connectivity index (χ1v) is 6.77. The van der Waals surface area contributed by atoms with Crippen LogP contribution in [0.1, 0.15) is 18.1 Å². The number of benzene rings is 1. The van der Waals surface area contributed by atoms with E-state index in [9.17, 15) is 0 Å². The number of hydrogen-bond donors (Lipinski definition) is 2. The van der Waals surface area contributed by atoms with Gasteiger partial charge in [0.2, 0.25) is 0 Å². The Morgan fingerprint density at radius 1 is 1.37 bits per heavy atom. The minimum Gasteiger partial charge on any atom is -0.384 e. The minimum absolute atomic E-state index is 0.152. The smallest absolute Gasteiger partial charge is 0.124 e. The highest BCUT2D eigenvalue weighted by Crippen LogP contribution is 2.31. The molecular formula is C15H24N4. The molecule has 0 bridgehead atoms. The number of anilines is 1. The molecule has 4 heteroatoms. The van der Waals surface area contributed by atoms with Crippen LogP contribution in [-0.2, 0) is 0 Å². The highest BCUT2D eigenvalue weighted by atomic mass is 15.2. The summed E-state index contributed by atoms with van der Waals surface area (Å²) < 4.78 is 0. The quantitative estimate of drug-likeness (QED) is 0.642. The first kappa shape index (κ1) is 13.9. The van der Waals surface area contributed by atoms with Gasteiger partial charge >= 0.3 is 0 Å². The van der Waals surface area contributed by atoms with Gasteiger partial charge in [0.1, 0.15) is 5.84 Å². The lowest BCUT2D eigenvalue weighted by Gasteiger charge is -2.25. The zero-order valence-electron chi connectivity index (χ0n) is 12.3. The number of nitrogen functional groups attached to an aromatic ring is 1. The Morgan fingerprint density at radius 2 is 2.05 bits per heavy atom. The average molecular weight is 260 g/mol. The summed E-state index contributed by atoms with van der Waals surface area (Å²) in [4.78, 5) is 4.66. The van der Waals surface area contributed by atoms with Gasteiger partial charge in [0.15, 0.2) is 0 Å². The van der Waals surface area contributed by atoms with E-state index < -0.39 is 0 Å². The largest absolute Gasteiger partial charge is 0.384 e. The lowest BCUT2D eigenvalue weighted by Crippen LogP contribution is -2.34. The van der Waals surface area contributed by atoms with Gasteiger partial charge in [0.05, 0.1) is 5.69 Å². The summed E-state index contributed by atoms with van der Waals surface area (Å²) in [6.45, 7) is 6.40. The van der Waals surface area contributed by atoms with Gasteiger partial charge in [-0.15, -0.1) is 0 Å². The van der Waals surface area contributed by atoms with Gasteiger partial charge in [-0.05, 0) is 38.6 Å². The van der Waals surface area contributed by atoms with Crippen LogP contribution in [0.2, 0.25) is 0 Å². The SMILES string of the molecule is Cc1cccc(C(=N)N)c1N1CC(C)C(N(C)C)C1. The third kappa shape index (κ3) is 2.59. The molecule has 1 aliphatic rings. The second-order valence-electron chi connectivity index (χ2n) is 5.80. The molecule has 1 aromatic carbocycles. The Labute approximate surface area is 115 Å². The van der Waals surface area contributed by atoms with E-state index in [1.165, 1.54) is 5.56 Å². The third-order valence-corrected chi connectivity index (χ3v) is 4.08. The predicted octanol–water partition coefficient (Wildman–Crippen LogP) is 1.67. The molecule has 0 saturated carbocycles. The lowest BCUT2D eigenvalue weighted by atomic mass is 10.1. The summed E-state index contributed by atoms with van der Waals surface area (Å²) in [5.41, 5.74) is 8.90. The summed E-state index contributed by atoms with van der Waals surface area (Å²) in [6, 6.07) is 6.56. The molecule has 1 aromatic rings. The van der Waals surface area contributed by atoms with Crippen LogP contribution >= 0.6 is 0 Å². The second kappa shape index (κ2) is 5.21. The number of rotatable bonds is 3. The second-order valence-corrected chi connectivity index (χ2v) is 5.80. The van der Waals surface area contributed by atoms with Crippen LogP contribution in [0.5, 0.6) is 0 Å². The topological polar surface area (TPSA) is 56.4 Å². The van der Waals surface area contributed by atoms with Gasteiger partial charge in [0, 0.05) is 24.7 Å². The van der Waals surface area contributed by atoms with Crippen molar-refractivity contribution >= 4 is 11.5 Å². The lowest BCUT2D eigenvalue weighted by molar-refractivity contribution is 0.266. The average Bonchev–Trinajstić information content (AvgIpc) is 2.70. The zero-order chi connectivity index (χ0) is 14.2. The van der Waals surface area contributed by atoms with Crippen LogP contribution in [0.3, 0.4) is 0 Å². The molecule has 0 aromatic heterocycles. The van der Waals surface area contributed by atoms with Crippen molar-refractivity contribution in [1.29, 1.82) is 5.41 Å². The van der Waals surface area contributed by atoms with Gasteiger partial charge in [-0.25, -0.2) is 0 Å². The normalized spacial score (nSPS) is 23.1. The number of para-hydroxylation sites is 1. The van der Waals surface area contributed by atoms with E-state index in [1.54, 1.807) is 0 Å². The van der Waals surface area contributed by atoms with Crippen molar-refractivity contribution in [2.24, 2.45) is 11.7 Å². The number of nitrogens with zero attached hydrogens (tertiary/aromatic N) is 2. The number of nitrogens with one attached hydrogen (secondary N) is 1. The fourth-order valence-electron chi connectivity index (χ4n) is 3.10. The maximum Gasteiger partial charge on any atom is 0.124 e. The number of nitrogens with two attached hydrogens (primary N) is 1. The summed E-state index contributed by atoms with van der Waals surface area (Å²) in [6.07, 6.45) is 0. The predicted molar refractivity (Wildman–Crippen MR) is 81.0 cm³/mol. The minimum atomic E-state index is 0.152. The van der Waals surface area contributed by atoms with Crippen LogP contribution in [-0.4, -0.2) is 44.0 Å². The molecule has 1 aliphatic heterocycles. The molecule has 0 radical (unpaired) electrons. The fourth-order valence-corrected chi connectivity index (χ4v) is 3.10. The van der Waals surface area contributed by atoms with Gasteiger partial charge in [-0.2, -0.15) is 0 Å². The Morgan fingerprint density at radius 3 is 2.58 bits per heavy atom. The molecule has 4 nitrogen and oxygen atoms in total. The Balaban J connectivity index is 2.36. The number of amidine groups is 1. The van der Waals surface area contributed by atoms with Crippen LogP contribution in [0.25, 0.3) is 0 Å². The van der Waals surface area contributed by atoms with Gasteiger partial charge < -0.3 is 15.5 Å². The van der Waals surface area contributed by atoms with Crippen LogP contribution < -0.4 is 10.6 Å². The number of hydrogen-bond acceptors (Lipinski definition) is 3. The van der Waals surface area contributed by atoms with E-state index in [2.05, 4.69) is 43.8 Å². The van der Waals surface area contributed by atoms with Gasteiger partial charge in [0.25, 0.3) is 0 Å². The summed E-state index contributed by atoms with van der Waals surface area (Å²) in [7, 11) is 4.27. The van der Waals surface area contributed by atoms with Crippen molar-refractivity contribution in [1.82, 2.24) is 4.90 Å². The summed E-state index contributed by atoms with van der Waals surface area (Å²) >= 11 is 0. The summed E-state index contributed by atoms with van der Waals surface area (Å²) in [5, 5.41) is 7.76. The molecule has 3 N–H and O–H groups in total. The molecule has 2 unspecified atom stereocenters. The number of aryl methyl sites for hydroxylation is 1. The van der Waals surface area contributed by atoms with E-state index >= 15 is 0 Å². The zero-order valence-corrected chi connectivity index (χ0v) is 12.3. The molecular weight excluding hydrogens is 236 g/mol. The van der Waals surface area contributed by atoms with Crippen LogP contribution in [0.4, 0.5) is 5.69 Å². The molecule has 2 rings (SSSR count). The van der Waals surface area contributed by atoms with Crippen molar-refractivity contribution in [2.75, 3.05) is 32.1 Å². The molecule has 104 valence electrons. The van der Waals surface area contributed by atoms with Crippen LogP contribution in [0.15, 0.2) is 18.2 Å². The highest BCUT2D eigenvalue weighted by molar-refractivity contribution is 6.01. The van der Waals surface area contributed by atoms with Crippen molar-refractivity contribution in [3.05, 3.63) is 29.3 Å². The van der Waals surface area contributed by atoms with Crippen molar-refractivity contribution in [2.45, 2.75) is 19.9 Å². The van der Waals surface area contributed by atoms with E-state index in [0.29, 0.717) is 12.0 Å². The van der Waals surface area contributed by atoms with Gasteiger partial charge in [-0.1, -0.05) is 19.1 Å². The first-order chi connectivity index (χ1) is 8.91. The van der Waals surface area contributed by atoms with Crippen LogP contribution in [0, 0.1) is 18.3 Å². The summed E-state index contributed by atoms with van der Waals surface area (Å²) in [5.74, 6) is 0.772. The van der Waals surface area contributed by atoms with E-state index in [1.807, 2.05) is 12.1 Å². The first-order valence-electron chi connectivity index (χ1n) is 6.77. The van der Waals surface area contributed by atoms with Gasteiger partial charge in [-0.3, -0.25) is 5.41 Å². The molecule has 0 amide bonds. The van der Waals surface area contributed by atoms with E-state index in [0.717, 1.165) is 24.3 Å². The molecule has 0 aliphatic carbocycles. The molecule has 1 heterocycles. The van der Waals surface area contributed by atoms with E-state index in [4.69, 9.17) is 11.1 Å². The van der Waals surface area contributed by atoms with Crippen molar-refractivity contribution in [3.63, 3.8) is 0 Å². The monoisotopic (exact) mass is 260 g/mol. The standard InChI is InChI=1S/C15H24N4/c1-10-6-5-7-12(15(16)17)14(10)19-8-11(2)13(9-19)18(3)4/h5-7,11,13H,8-9H2,1-4H3,(H3,16,17). The fraction of sp³-hybridized carbons (Fsp3) is 0.533. The highest BCUT2D eigenvalue weighted by Gasteiger charge is 2.32.